The minimum Gasteiger partial charge on any atom is -0.475 e. The maximum Gasteiger partial charge on any atom is 0.490 e. The highest BCUT2D eigenvalue weighted by Crippen LogP contribution is 2.19. The van der Waals surface area contributed by atoms with Gasteiger partial charge in [0.05, 0.1) is 4.90 Å². The number of aliphatic carboxylic acids is 1. The Balaban J connectivity index is 0.000000509. The van der Waals surface area contributed by atoms with Crippen LogP contribution in [0.2, 0.25) is 0 Å². The number of nitrogens with zero attached hydrogens (tertiary/aromatic N) is 1. The van der Waals surface area contributed by atoms with Crippen molar-refractivity contribution in [2.45, 2.75) is 18.0 Å². The molecule has 0 aliphatic carbocycles. The van der Waals surface area contributed by atoms with E-state index >= 15 is 0 Å². The summed E-state index contributed by atoms with van der Waals surface area (Å²) >= 11 is 0. The summed E-state index contributed by atoms with van der Waals surface area (Å²) in [4.78, 5) is 25.1. The zero-order chi connectivity index (χ0) is 25.5. The van der Waals surface area contributed by atoms with Gasteiger partial charge in [-0.15, -0.1) is 0 Å². The fourth-order valence-corrected chi connectivity index (χ4v) is 3.43. The lowest BCUT2D eigenvalue weighted by molar-refractivity contribution is -0.192. The molecule has 0 unspecified atom stereocenters. The first kappa shape index (κ1) is 26.3. The summed E-state index contributed by atoms with van der Waals surface area (Å²) < 4.78 is 72.0. The molecule has 180 valence electrons. The van der Waals surface area contributed by atoms with Crippen molar-refractivity contribution in [2.75, 3.05) is 10.0 Å². The van der Waals surface area contributed by atoms with Gasteiger partial charge in [-0.1, -0.05) is 6.07 Å². The number of carboxylic acids is 1. The fourth-order valence-electron chi connectivity index (χ4n) is 2.42. The van der Waals surface area contributed by atoms with Crippen molar-refractivity contribution in [1.82, 2.24) is 4.98 Å². The van der Waals surface area contributed by atoms with E-state index in [1.54, 1.807) is 19.1 Å². The van der Waals surface area contributed by atoms with Crippen molar-refractivity contribution in [2.24, 2.45) is 0 Å². The topological polar surface area (TPSA) is 125 Å². The molecule has 0 spiro atoms. The number of sulfonamides is 1. The monoisotopic (exact) mass is 499 g/mol. The highest BCUT2D eigenvalue weighted by Gasteiger charge is 2.38. The summed E-state index contributed by atoms with van der Waals surface area (Å²) in [6.07, 6.45) is -3.60. The highest BCUT2D eigenvalue weighted by molar-refractivity contribution is 7.92. The number of carbonyl (C=O) groups is 2. The normalized spacial score (nSPS) is 11.1. The van der Waals surface area contributed by atoms with E-state index in [0.29, 0.717) is 16.8 Å². The molecule has 3 aromatic rings. The summed E-state index contributed by atoms with van der Waals surface area (Å²) in [6, 6.07) is 14.5. The molecular weight excluding hydrogens is 482 g/mol. The quantitative estimate of drug-likeness (QED) is 0.452. The Morgan fingerprint density at radius 3 is 2.12 bits per heavy atom. The lowest BCUT2D eigenvalue weighted by Gasteiger charge is -2.10. The van der Waals surface area contributed by atoms with Gasteiger partial charge in [0.15, 0.2) is 0 Å². The molecule has 3 N–H and O–H groups in total. The molecule has 0 aliphatic rings. The number of carboxylic acid groups (broad SMARTS) is 1. The van der Waals surface area contributed by atoms with E-state index in [4.69, 9.17) is 9.90 Å². The van der Waals surface area contributed by atoms with Crippen molar-refractivity contribution in [1.29, 1.82) is 0 Å². The number of aryl methyl sites for hydroxylation is 1. The van der Waals surface area contributed by atoms with Gasteiger partial charge < -0.3 is 10.4 Å². The third kappa shape index (κ3) is 7.55. The number of halogens is 4. The molecular formula is C21H17F4N3O5S. The fraction of sp³-hybridized carbons (Fsp3) is 0.0952. The van der Waals surface area contributed by atoms with Crippen LogP contribution in [0.3, 0.4) is 0 Å². The number of pyridine rings is 1. The number of nitrogens with one attached hydrogen (secondary N) is 2. The van der Waals surface area contributed by atoms with Gasteiger partial charge in [0.1, 0.15) is 11.6 Å². The molecule has 0 saturated carbocycles. The molecule has 0 bridgehead atoms. The van der Waals surface area contributed by atoms with Crippen molar-refractivity contribution in [3.05, 3.63) is 83.8 Å². The standard InChI is InChI=1S/C19H16FN3O3S.C2HF3O2/c1-13-12-14(20)5-10-17(13)19(24)22-15-6-8-16(9-7-15)27(25,26)23-18-4-2-3-11-21-18;3-2(4,5)1(6)7/h2-12H,1H3,(H,21,23)(H,22,24);(H,6,7). The van der Waals surface area contributed by atoms with Crippen molar-refractivity contribution in [3.8, 4) is 0 Å². The predicted octanol–water partition coefficient (Wildman–Crippen LogP) is 4.22. The predicted molar refractivity (Wildman–Crippen MR) is 114 cm³/mol. The van der Waals surface area contributed by atoms with Crippen molar-refractivity contribution < 1.29 is 40.7 Å². The van der Waals surface area contributed by atoms with Crippen LogP contribution in [0.5, 0.6) is 0 Å². The number of hydrogen-bond donors (Lipinski definition) is 3. The summed E-state index contributed by atoms with van der Waals surface area (Å²) in [5.74, 6) is -3.37. The second-order valence-electron chi connectivity index (χ2n) is 6.56. The van der Waals surface area contributed by atoms with Crippen molar-refractivity contribution >= 4 is 33.4 Å². The number of hydrogen-bond acceptors (Lipinski definition) is 5. The Hall–Kier alpha value is -4.00. The molecule has 34 heavy (non-hydrogen) atoms. The molecule has 0 fully saturated rings. The smallest absolute Gasteiger partial charge is 0.475 e. The van der Waals surface area contributed by atoms with Crippen LogP contribution < -0.4 is 10.0 Å². The number of benzene rings is 2. The maximum atomic E-state index is 13.2. The summed E-state index contributed by atoms with van der Waals surface area (Å²) in [5, 5.41) is 9.78. The van der Waals surface area contributed by atoms with Gasteiger partial charge in [-0.3, -0.25) is 9.52 Å². The van der Waals surface area contributed by atoms with E-state index in [2.05, 4.69) is 15.0 Å². The molecule has 0 aliphatic heterocycles. The Bertz CT molecular complexity index is 1270. The van der Waals surface area contributed by atoms with Gasteiger partial charge in [-0.2, -0.15) is 13.2 Å². The first-order valence-corrected chi connectivity index (χ1v) is 10.7. The maximum absolute atomic E-state index is 13.2. The van der Waals surface area contributed by atoms with Crippen LogP contribution in [0.4, 0.5) is 29.1 Å². The number of amides is 1. The number of aromatic nitrogens is 1. The second-order valence-corrected chi connectivity index (χ2v) is 8.24. The summed E-state index contributed by atoms with van der Waals surface area (Å²) in [5.41, 5.74) is 1.26. The molecule has 0 saturated heterocycles. The molecule has 2 aromatic carbocycles. The third-order valence-corrected chi connectivity index (χ3v) is 5.37. The minimum atomic E-state index is -5.08. The van der Waals surface area contributed by atoms with E-state index in [-0.39, 0.29) is 10.7 Å². The zero-order valence-corrected chi connectivity index (χ0v) is 18.1. The Morgan fingerprint density at radius 2 is 1.62 bits per heavy atom. The third-order valence-electron chi connectivity index (χ3n) is 4.00. The summed E-state index contributed by atoms with van der Waals surface area (Å²) in [7, 11) is -3.79. The number of alkyl halides is 3. The Morgan fingerprint density at radius 1 is 1.00 bits per heavy atom. The molecule has 3 rings (SSSR count). The van der Waals surface area contributed by atoms with Gasteiger partial charge >= 0.3 is 12.1 Å². The van der Waals surface area contributed by atoms with Gasteiger partial charge in [-0.25, -0.2) is 22.6 Å². The van der Waals surface area contributed by atoms with Gasteiger partial charge in [0.25, 0.3) is 15.9 Å². The molecule has 8 nitrogen and oxygen atoms in total. The van der Waals surface area contributed by atoms with Crippen LogP contribution in [0, 0.1) is 12.7 Å². The van der Waals surface area contributed by atoms with Crippen LogP contribution >= 0.6 is 0 Å². The second kappa shape index (κ2) is 10.7. The Kier molecular flexibility index (Phi) is 8.30. The van der Waals surface area contributed by atoms with Crippen LogP contribution in [-0.4, -0.2) is 36.6 Å². The Labute approximate surface area is 191 Å². The molecule has 1 heterocycles. The highest BCUT2D eigenvalue weighted by atomic mass is 32.2. The van der Waals surface area contributed by atoms with E-state index in [1.165, 1.54) is 54.7 Å². The summed E-state index contributed by atoms with van der Waals surface area (Å²) in [6.45, 7) is 1.64. The van der Waals surface area contributed by atoms with Gasteiger partial charge in [0.2, 0.25) is 0 Å². The lowest BCUT2D eigenvalue weighted by Crippen LogP contribution is -2.21. The molecule has 0 atom stereocenters. The molecule has 13 heteroatoms. The van der Waals surface area contributed by atoms with E-state index in [1.807, 2.05) is 0 Å². The minimum absolute atomic E-state index is 0.0316. The number of carbonyl (C=O) groups excluding carboxylic acids is 1. The van der Waals surface area contributed by atoms with Crippen LogP contribution in [0.15, 0.2) is 71.8 Å². The average Bonchev–Trinajstić information content (AvgIpc) is 2.74. The SMILES string of the molecule is Cc1cc(F)ccc1C(=O)Nc1ccc(S(=O)(=O)Nc2ccccn2)cc1.O=C(O)C(F)(F)F. The van der Waals surface area contributed by atoms with Crippen LogP contribution in [0.1, 0.15) is 15.9 Å². The first-order valence-electron chi connectivity index (χ1n) is 9.21. The first-order chi connectivity index (χ1) is 15.8. The molecule has 1 amide bonds. The lowest BCUT2D eigenvalue weighted by atomic mass is 10.1. The van der Waals surface area contributed by atoms with E-state index < -0.39 is 33.9 Å². The molecule has 1 aromatic heterocycles. The number of rotatable bonds is 5. The van der Waals surface area contributed by atoms with Gasteiger partial charge in [-0.05, 0) is 67.1 Å². The van der Waals surface area contributed by atoms with E-state index in [0.717, 1.165) is 0 Å². The largest absolute Gasteiger partial charge is 0.490 e. The van der Waals surface area contributed by atoms with E-state index in [9.17, 15) is 30.8 Å². The molecule has 0 radical (unpaired) electrons. The van der Waals surface area contributed by atoms with Gasteiger partial charge in [0, 0.05) is 17.4 Å². The average molecular weight is 499 g/mol. The van der Waals surface area contributed by atoms with Crippen LogP contribution in [0.25, 0.3) is 0 Å². The zero-order valence-electron chi connectivity index (χ0n) is 17.3. The van der Waals surface area contributed by atoms with Crippen LogP contribution in [-0.2, 0) is 14.8 Å². The number of anilines is 2. The van der Waals surface area contributed by atoms with Crippen molar-refractivity contribution in [3.63, 3.8) is 0 Å².